The Kier molecular flexibility index (Phi) is 5.42. The Bertz CT molecular complexity index is 928. The molecule has 0 aliphatic rings. The minimum absolute atomic E-state index is 0.109. The molecule has 3 aromatic rings. The van der Waals surface area contributed by atoms with Crippen LogP contribution in [0.2, 0.25) is 5.02 Å². The zero-order valence-corrected chi connectivity index (χ0v) is 15.9. The molecule has 7 heteroatoms. The number of aromatic nitrogens is 4. The lowest BCUT2D eigenvalue weighted by molar-refractivity contribution is 0.0951. The molecule has 0 spiro atoms. The topological polar surface area (TPSA) is 64.7 Å². The zero-order valence-electron chi connectivity index (χ0n) is 15.2. The van der Waals surface area contributed by atoms with Gasteiger partial charge in [0.25, 0.3) is 5.91 Å². The van der Waals surface area contributed by atoms with Gasteiger partial charge in [-0.05, 0) is 38.5 Å². The maximum atomic E-state index is 12.4. The van der Waals surface area contributed by atoms with Gasteiger partial charge >= 0.3 is 0 Å². The Labute approximate surface area is 157 Å². The van der Waals surface area contributed by atoms with Gasteiger partial charge in [0.1, 0.15) is 0 Å². The monoisotopic (exact) mass is 371 g/mol. The number of halogens is 1. The van der Waals surface area contributed by atoms with Crippen molar-refractivity contribution < 1.29 is 4.79 Å². The second kappa shape index (κ2) is 7.74. The first-order valence-corrected chi connectivity index (χ1v) is 8.93. The van der Waals surface area contributed by atoms with E-state index in [9.17, 15) is 4.79 Å². The normalized spacial score (nSPS) is 10.9. The van der Waals surface area contributed by atoms with E-state index in [2.05, 4.69) is 15.5 Å². The van der Waals surface area contributed by atoms with E-state index in [0.717, 1.165) is 29.1 Å². The van der Waals surface area contributed by atoms with Crippen LogP contribution in [0.25, 0.3) is 0 Å². The van der Waals surface area contributed by atoms with Crippen LogP contribution in [0.5, 0.6) is 0 Å². The van der Waals surface area contributed by atoms with E-state index in [1.54, 1.807) is 6.20 Å². The van der Waals surface area contributed by atoms with Crippen LogP contribution in [0.4, 0.5) is 0 Å². The van der Waals surface area contributed by atoms with Crippen molar-refractivity contribution in [3.05, 3.63) is 69.8 Å². The van der Waals surface area contributed by atoms with Crippen LogP contribution < -0.4 is 5.32 Å². The Hall–Kier alpha value is -2.60. The highest BCUT2D eigenvalue weighted by Crippen LogP contribution is 2.20. The molecule has 2 aromatic heterocycles. The second-order valence-electron chi connectivity index (χ2n) is 6.23. The number of rotatable bonds is 6. The first-order valence-electron chi connectivity index (χ1n) is 8.56. The summed E-state index contributed by atoms with van der Waals surface area (Å²) >= 11 is 6.20. The smallest absolute Gasteiger partial charge is 0.251 e. The Morgan fingerprint density at radius 2 is 2.08 bits per heavy atom. The quantitative estimate of drug-likeness (QED) is 0.722. The summed E-state index contributed by atoms with van der Waals surface area (Å²) < 4.78 is 3.69. The number of carbonyl (C=O) groups is 1. The van der Waals surface area contributed by atoms with Crippen molar-refractivity contribution in [2.45, 2.75) is 40.4 Å². The van der Waals surface area contributed by atoms with Crippen LogP contribution in [-0.2, 0) is 19.6 Å². The Morgan fingerprint density at radius 3 is 2.73 bits per heavy atom. The molecule has 0 aliphatic heterocycles. The van der Waals surface area contributed by atoms with Crippen molar-refractivity contribution in [2.24, 2.45) is 0 Å². The second-order valence-corrected chi connectivity index (χ2v) is 6.61. The van der Waals surface area contributed by atoms with Crippen molar-refractivity contribution in [1.29, 1.82) is 0 Å². The summed E-state index contributed by atoms with van der Waals surface area (Å²) in [5.41, 5.74) is 4.34. The lowest BCUT2D eigenvalue weighted by Crippen LogP contribution is -2.22. The van der Waals surface area contributed by atoms with Gasteiger partial charge in [0.2, 0.25) is 0 Å². The average Bonchev–Trinajstić information content (AvgIpc) is 3.20. The number of hydrogen-bond acceptors (Lipinski definition) is 3. The van der Waals surface area contributed by atoms with Gasteiger partial charge in [-0.25, -0.2) is 0 Å². The van der Waals surface area contributed by atoms with Crippen molar-refractivity contribution in [3.8, 4) is 0 Å². The standard InChI is InChI=1S/C19H22ClN5O/c1-4-24-11-16(10-22-24)9-21-19(26)17-7-5-6-15(8-17)12-25-14(3)18(20)13(2)23-25/h5-8,10-11H,4,9,12H2,1-3H3,(H,21,26). The predicted molar refractivity (Wildman–Crippen MR) is 101 cm³/mol. The Morgan fingerprint density at radius 1 is 1.27 bits per heavy atom. The molecule has 136 valence electrons. The van der Waals surface area contributed by atoms with E-state index in [4.69, 9.17) is 11.6 Å². The van der Waals surface area contributed by atoms with E-state index in [1.165, 1.54) is 0 Å². The molecule has 0 atom stereocenters. The summed E-state index contributed by atoms with van der Waals surface area (Å²) in [5, 5.41) is 12.3. The van der Waals surface area contributed by atoms with Crippen molar-refractivity contribution >= 4 is 17.5 Å². The molecule has 0 saturated carbocycles. The molecule has 0 aliphatic carbocycles. The fraction of sp³-hybridized carbons (Fsp3) is 0.316. The maximum Gasteiger partial charge on any atom is 0.251 e. The van der Waals surface area contributed by atoms with Crippen LogP contribution in [0.1, 0.15) is 39.8 Å². The first kappa shape index (κ1) is 18.2. The highest BCUT2D eigenvalue weighted by molar-refractivity contribution is 6.31. The lowest BCUT2D eigenvalue weighted by atomic mass is 10.1. The SMILES string of the molecule is CCn1cc(CNC(=O)c2cccc(Cn3nc(C)c(Cl)c3C)c2)cn1. The molecule has 0 radical (unpaired) electrons. The summed E-state index contributed by atoms with van der Waals surface area (Å²) in [7, 11) is 0. The minimum Gasteiger partial charge on any atom is -0.348 e. The van der Waals surface area contributed by atoms with Gasteiger partial charge < -0.3 is 5.32 Å². The lowest BCUT2D eigenvalue weighted by Gasteiger charge is -2.08. The van der Waals surface area contributed by atoms with E-state index in [-0.39, 0.29) is 5.91 Å². The molecule has 6 nitrogen and oxygen atoms in total. The summed E-state index contributed by atoms with van der Waals surface area (Å²) in [4.78, 5) is 12.4. The molecule has 0 bridgehead atoms. The number of aryl methyl sites for hydroxylation is 2. The molecule has 0 saturated heterocycles. The molecule has 3 rings (SSSR count). The predicted octanol–water partition coefficient (Wildman–Crippen LogP) is 3.35. The fourth-order valence-electron chi connectivity index (χ4n) is 2.77. The Balaban J connectivity index is 1.67. The van der Waals surface area contributed by atoms with E-state index < -0.39 is 0 Å². The number of hydrogen-bond donors (Lipinski definition) is 1. The third kappa shape index (κ3) is 3.96. The molecule has 1 amide bonds. The van der Waals surface area contributed by atoms with Gasteiger partial charge in [-0.1, -0.05) is 23.7 Å². The minimum atomic E-state index is -0.109. The van der Waals surface area contributed by atoms with Crippen LogP contribution in [0, 0.1) is 13.8 Å². The molecule has 1 N–H and O–H groups in total. The van der Waals surface area contributed by atoms with Gasteiger partial charge in [-0.3, -0.25) is 14.2 Å². The van der Waals surface area contributed by atoms with Gasteiger partial charge in [0.05, 0.1) is 29.2 Å². The largest absolute Gasteiger partial charge is 0.348 e. The molecule has 26 heavy (non-hydrogen) atoms. The number of benzene rings is 1. The van der Waals surface area contributed by atoms with E-state index >= 15 is 0 Å². The molecular weight excluding hydrogens is 350 g/mol. The van der Waals surface area contributed by atoms with Crippen molar-refractivity contribution in [2.75, 3.05) is 0 Å². The summed E-state index contributed by atoms with van der Waals surface area (Å²) in [6, 6.07) is 7.55. The van der Waals surface area contributed by atoms with Crippen molar-refractivity contribution in [3.63, 3.8) is 0 Å². The summed E-state index contributed by atoms with van der Waals surface area (Å²) in [5.74, 6) is -0.109. The number of nitrogens with one attached hydrogen (secondary N) is 1. The third-order valence-corrected chi connectivity index (χ3v) is 4.83. The summed E-state index contributed by atoms with van der Waals surface area (Å²) in [6.07, 6.45) is 3.70. The van der Waals surface area contributed by atoms with Gasteiger partial charge in [-0.2, -0.15) is 10.2 Å². The maximum absolute atomic E-state index is 12.4. The molecule has 1 aromatic carbocycles. The fourth-order valence-corrected chi connectivity index (χ4v) is 2.90. The number of amides is 1. The van der Waals surface area contributed by atoms with Crippen LogP contribution in [-0.4, -0.2) is 25.5 Å². The molecular formula is C19H22ClN5O. The van der Waals surface area contributed by atoms with Gasteiger partial charge in [0, 0.05) is 30.4 Å². The number of nitrogens with zero attached hydrogens (tertiary/aromatic N) is 4. The third-order valence-electron chi connectivity index (χ3n) is 4.28. The van der Waals surface area contributed by atoms with Gasteiger partial charge in [-0.15, -0.1) is 0 Å². The highest BCUT2D eigenvalue weighted by Gasteiger charge is 2.11. The van der Waals surface area contributed by atoms with E-state index in [1.807, 2.05) is 60.6 Å². The zero-order chi connectivity index (χ0) is 18.7. The van der Waals surface area contributed by atoms with Crippen molar-refractivity contribution in [1.82, 2.24) is 24.9 Å². The highest BCUT2D eigenvalue weighted by atomic mass is 35.5. The van der Waals surface area contributed by atoms with Crippen LogP contribution >= 0.6 is 11.6 Å². The van der Waals surface area contributed by atoms with Crippen LogP contribution in [0.15, 0.2) is 36.7 Å². The summed E-state index contributed by atoms with van der Waals surface area (Å²) in [6.45, 7) is 7.69. The molecule has 0 unspecified atom stereocenters. The van der Waals surface area contributed by atoms with Crippen LogP contribution in [0.3, 0.4) is 0 Å². The average molecular weight is 372 g/mol. The van der Waals surface area contributed by atoms with Gasteiger partial charge in [0.15, 0.2) is 0 Å². The number of carbonyl (C=O) groups excluding carboxylic acids is 1. The molecule has 0 fully saturated rings. The first-order chi connectivity index (χ1) is 12.5. The molecule has 2 heterocycles. The van der Waals surface area contributed by atoms with E-state index in [0.29, 0.717) is 23.7 Å².